The summed E-state index contributed by atoms with van der Waals surface area (Å²) in [5, 5.41) is 11.5. The first-order valence-electron chi connectivity index (χ1n) is 20.7. The molecule has 0 bridgehead atoms. The van der Waals surface area contributed by atoms with Gasteiger partial charge in [-0.2, -0.15) is 0 Å². The molecule has 0 spiro atoms. The zero-order chi connectivity index (χ0) is 40.5. The van der Waals surface area contributed by atoms with Gasteiger partial charge in [-0.1, -0.05) is 121 Å². The highest BCUT2D eigenvalue weighted by Crippen LogP contribution is 2.45. The second-order valence-electron chi connectivity index (χ2n) is 15.9. The van der Waals surface area contributed by atoms with Crippen molar-refractivity contribution in [2.24, 2.45) is 0 Å². The van der Waals surface area contributed by atoms with E-state index in [-0.39, 0.29) is 0 Å². The molecule has 5 heterocycles. The molecule has 7 heteroatoms. The van der Waals surface area contributed by atoms with Gasteiger partial charge in [0.05, 0.1) is 16.7 Å². The van der Waals surface area contributed by atoms with Crippen molar-refractivity contribution >= 4 is 118 Å². The number of benzene rings is 9. The van der Waals surface area contributed by atoms with Crippen LogP contribution in [0.1, 0.15) is 0 Å². The van der Waals surface area contributed by atoms with E-state index in [1.807, 2.05) is 6.07 Å². The normalized spacial score (nSPS) is 12.2. The fraction of sp³-hybridized carbons (Fsp3) is 0. The molecule has 288 valence electrons. The van der Waals surface area contributed by atoms with Crippen LogP contribution in [0.3, 0.4) is 0 Å². The van der Waals surface area contributed by atoms with Gasteiger partial charge in [-0.05, 0) is 71.4 Å². The number of hydrogen-bond acceptors (Lipinski definition) is 6. The number of fused-ring (bicyclic) bond motifs is 13. The Bertz CT molecular complexity index is 4060. The van der Waals surface area contributed by atoms with Gasteiger partial charge in [-0.3, -0.25) is 0 Å². The lowest BCUT2D eigenvalue weighted by Crippen LogP contribution is -2.02. The molecule has 0 aliphatic rings. The summed E-state index contributed by atoms with van der Waals surface area (Å²) in [6.07, 6.45) is 0. The van der Waals surface area contributed by atoms with E-state index < -0.39 is 0 Å². The predicted molar refractivity (Wildman–Crippen MR) is 261 cm³/mol. The second kappa shape index (κ2) is 12.9. The Kier molecular flexibility index (Phi) is 7.08. The summed E-state index contributed by atoms with van der Waals surface area (Å²) in [4.78, 5) is 16.3. The van der Waals surface area contributed by atoms with Gasteiger partial charge in [-0.15, -0.1) is 22.7 Å². The highest BCUT2D eigenvalue weighted by Gasteiger charge is 2.25. The van der Waals surface area contributed by atoms with Crippen molar-refractivity contribution in [3.63, 3.8) is 0 Å². The quantitative estimate of drug-likeness (QED) is 0.177. The number of rotatable bonds is 4. The van der Waals surface area contributed by atoms with Gasteiger partial charge in [0.25, 0.3) is 0 Å². The summed E-state index contributed by atoms with van der Waals surface area (Å²) in [6, 6.07) is 64.7. The van der Waals surface area contributed by atoms with E-state index in [4.69, 9.17) is 19.4 Å². The van der Waals surface area contributed by atoms with Crippen LogP contribution in [0.15, 0.2) is 186 Å². The van der Waals surface area contributed by atoms with Crippen molar-refractivity contribution in [3.8, 4) is 39.9 Å². The highest BCUT2D eigenvalue weighted by atomic mass is 32.1. The van der Waals surface area contributed by atoms with Crippen molar-refractivity contribution in [2.75, 3.05) is 0 Å². The SMILES string of the molecule is c1ccc2cc3c(cc2c1)c1ccccc1n3-c1ccc(-c2nc(-c3cccc4sc5ccccc5c34)nc(-c3cccc4sc5ccccc5c34)n2)c2c1oc1ccccc12. The molecule has 5 nitrogen and oxygen atoms in total. The van der Waals surface area contributed by atoms with Gasteiger partial charge in [0.15, 0.2) is 23.1 Å². The minimum atomic E-state index is 0.592. The number of furan rings is 1. The topological polar surface area (TPSA) is 56.7 Å². The third-order valence-corrected chi connectivity index (χ3v) is 14.7. The lowest BCUT2D eigenvalue weighted by atomic mass is 10.0. The lowest BCUT2D eigenvalue weighted by molar-refractivity contribution is 0.666. The second-order valence-corrected chi connectivity index (χ2v) is 18.0. The summed E-state index contributed by atoms with van der Waals surface area (Å²) in [6.45, 7) is 0. The highest BCUT2D eigenvalue weighted by molar-refractivity contribution is 7.26. The molecule has 14 rings (SSSR count). The molecule has 0 atom stereocenters. The molecule has 0 amide bonds. The fourth-order valence-corrected chi connectivity index (χ4v) is 12.0. The Balaban J connectivity index is 1.09. The zero-order valence-electron chi connectivity index (χ0n) is 32.8. The molecule has 0 saturated carbocycles. The number of thiophene rings is 2. The molecule has 62 heavy (non-hydrogen) atoms. The van der Waals surface area contributed by atoms with Crippen LogP contribution < -0.4 is 0 Å². The van der Waals surface area contributed by atoms with Gasteiger partial charge in [0.1, 0.15) is 5.58 Å². The number of para-hydroxylation sites is 2. The van der Waals surface area contributed by atoms with Crippen LogP contribution in [0.25, 0.3) is 135 Å². The fourth-order valence-electron chi connectivity index (χ4n) is 9.75. The Labute approximate surface area is 361 Å². The van der Waals surface area contributed by atoms with Gasteiger partial charge in [0.2, 0.25) is 0 Å². The first-order valence-corrected chi connectivity index (χ1v) is 22.3. The van der Waals surface area contributed by atoms with Crippen molar-refractivity contribution in [2.45, 2.75) is 0 Å². The molecule has 0 N–H and O–H groups in total. The van der Waals surface area contributed by atoms with E-state index in [0.717, 1.165) is 66.1 Å². The maximum atomic E-state index is 6.99. The average Bonchev–Trinajstić information content (AvgIpc) is 4.09. The van der Waals surface area contributed by atoms with E-state index in [9.17, 15) is 0 Å². The summed E-state index contributed by atoms with van der Waals surface area (Å²) in [5.74, 6) is 1.86. The summed E-state index contributed by atoms with van der Waals surface area (Å²) in [7, 11) is 0. The van der Waals surface area contributed by atoms with E-state index in [0.29, 0.717) is 17.5 Å². The van der Waals surface area contributed by atoms with Gasteiger partial charge >= 0.3 is 0 Å². The first kappa shape index (κ1) is 34.0. The maximum absolute atomic E-state index is 6.99. The molecule has 0 aliphatic heterocycles. The largest absolute Gasteiger partial charge is 0.454 e. The third kappa shape index (κ3) is 4.86. The van der Waals surface area contributed by atoms with E-state index in [1.54, 1.807) is 22.7 Å². The lowest BCUT2D eigenvalue weighted by Gasteiger charge is -2.13. The minimum absolute atomic E-state index is 0.592. The Hall–Kier alpha value is -7.71. The molecule has 0 saturated heterocycles. The van der Waals surface area contributed by atoms with Crippen molar-refractivity contribution in [3.05, 3.63) is 182 Å². The van der Waals surface area contributed by atoms with Crippen LogP contribution in [0.5, 0.6) is 0 Å². The molecule has 14 aromatic rings. The average molecular weight is 827 g/mol. The summed E-state index contributed by atoms with van der Waals surface area (Å²) >= 11 is 3.60. The van der Waals surface area contributed by atoms with E-state index in [2.05, 4.69) is 180 Å². The van der Waals surface area contributed by atoms with Crippen LogP contribution >= 0.6 is 22.7 Å². The molecule has 5 aromatic heterocycles. The van der Waals surface area contributed by atoms with Crippen molar-refractivity contribution in [1.82, 2.24) is 19.5 Å². The smallest absolute Gasteiger partial charge is 0.164 e. The molecule has 0 aliphatic carbocycles. The first-order chi connectivity index (χ1) is 30.7. The van der Waals surface area contributed by atoms with E-state index >= 15 is 0 Å². The monoisotopic (exact) mass is 826 g/mol. The van der Waals surface area contributed by atoms with Crippen LogP contribution in [-0.4, -0.2) is 19.5 Å². The molecular weight excluding hydrogens is 797 g/mol. The molecule has 0 unspecified atom stereocenters. The van der Waals surface area contributed by atoms with Crippen LogP contribution in [0, 0.1) is 0 Å². The van der Waals surface area contributed by atoms with Crippen molar-refractivity contribution in [1.29, 1.82) is 0 Å². The Morgan fingerprint density at radius 1 is 0.371 bits per heavy atom. The van der Waals surface area contributed by atoms with Crippen LogP contribution in [0.2, 0.25) is 0 Å². The van der Waals surface area contributed by atoms with E-state index in [1.165, 1.54) is 51.1 Å². The van der Waals surface area contributed by atoms with Crippen molar-refractivity contribution < 1.29 is 4.42 Å². The number of hydrogen-bond donors (Lipinski definition) is 0. The van der Waals surface area contributed by atoms with Gasteiger partial charge in [-0.25, -0.2) is 15.0 Å². The minimum Gasteiger partial charge on any atom is -0.454 e. The number of nitrogens with zero attached hydrogens (tertiary/aromatic N) is 4. The molecular formula is C55H30N4OS2. The Morgan fingerprint density at radius 2 is 0.887 bits per heavy atom. The molecule has 0 radical (unpaired) electrons. The molecule has 0 fully saturated rings. The van der Waals surface area contributed by atoms with Crippen LogP contribution in [0.4, 0.5) is 0 Å². The standard InChI is InChI=1S/C55H30N4OS2/c1-2-14-32-30-43-40(29-31(32)13-1)33-15-3-7-21-41(33)59(43)42-28-27-39(51-34-16-4-8-22-44(34)60-52(42)51)55-57-53(37-19-11-25-47-49(37)35-17-5-9-23-45(35)61-47)56-54(58-55)38-20-12-26-48-50(38)36-18-6-10-24-46(36)62-48/h1-30H. The summed E-state index contributed by atoms with van der Waals surface area (Å²) in [5.41, 5.74) is 7.63. The van der Waals surface area contributed by atoms with Gasteiger partial charge in [0, 0.05) is 78.6 Å². The number of aromatic nitrogens is 4. The van der Waals surface area contributed by atoms with Gasteiger partial charge < -0.3 is 8.98 Å². The molecule has 9 aromatic carbocycles. The maximum Gasteiger partial charge on any atom is 0.164 e. The zero-order valence-corrected chi connectivity index (χ0v) is 34.5. The van der Waals surface area contributed by atoms with Crippen LogP contribution in [-0.2, 0) is 0 Å². The Morgan fingerprint density at radius 3 is 1.55 bits per heavy atom. The predicted octanol–water partition coefficient (Wildman–Crippen LogP) is 15.8. The summed E-state index contributed by atoms with van der Waals surface area (Å²) < 4.78 is 14.2. The third-order valence-electron chi connectivity index (χ3n) is 12.4.